The van der Waals surface area contributed by atoms with Gasteiger partial charge in [0.15, 0.2) is 5.82 Å². The first-order chi connectivity index (χ1) is 16.7. The van der Waals surface area contributed by atoms with E-state index in [4.69, 9.17) is 9.47 Å². The van der Waals surface area contributed by atoms with E-state index in [-0.39, 0.29) is 17.1 Å². The lowest BCUT2D eigenvalue weighted by molar-refractivity contribution is -0.0507. The van der Waals surface area contributed by atoms with Crippen molar-refractivity contribution in [2.45, 2.75) is 44.6 Å². The molecule has 182 valence electrons. The lowest BCUT2D eigenvalue weighted by Crippen LogP contribution is -2.19. The van der Waals surface area contributed by atoms with Gasteiger partial charge in [0.05, 0.1) is 17.1 Å². The molecule has 0 unspecified atom stereocenters. The molecule has 0 bridgehead atoms. The Kier molecular flexibility index (Phi) is 5.72. The highest BCUT2D eigenvalue weighted by molar-refractivity contribution is 5.83. The van der Waals surface area contributed by atoms with Crippen LogP contribution in [0.15, 0.2) is 48.8 Å². The van der Waals surface area contributed by atoms with Gasteiger partial charge in [0.25, 0.3) is 0 Å². The average molecular weight is 484 g/mol. The number of aliphatic hydroxyl groups is 1. The standard InChI is InChI=1S/C25H23F3N4O3/c1-25(2,33)23-29-11-13(12-30-23)15-8-19-17(9-16(15)26)31-22-21(34-3)10-18(32(19)22)14-6-4-5-7-20(14)35-24(27)28/h4-9,11-12,18,21,24,33H,10H2,1-3H3/t18-,21-/m0/s1. The number of aromatic nitrogens is 4. The van der Waals surface area contributed by atoms with Gasteiger partial charge in [0, 0.05) is 48.7 Å². The molecule has 1 N–H and O–H groups in total. The number of alkyl halides is 2. The van der Waals surface area contributed by atoms with Crippen LogP contribution in [-0.2, 0) is 10.3 Å². The zero-order valence-electron chi connectivity index (χ0n) is 19.2. The van der Waals surface area contributed by atoms with Crippen LogP contribution in [0.4, 0.5) is 13.2 Å². The number of fused-ring (bicyclic) bond motifs is 3. The Morgan fingerprint density at radius 1 is 1.14 bits per heavy atom. The first-order valence-electron chi connectivity index (χ1n) is 11.0. The van der Waals surface area contributed by atoms with Gasteiger partial charge in [-0.05, 0) is 26.0 Å². The van der Waals surface area contributed by atoms with Gasteiger partial charge in [-0.15, -0.1) is 0 Å². The van der Waals surface area contributed by atoms with E-state index in [0.29, 0.717) is 34.4 Å². The average Bonchev–Trinajstić information content (AvgIpc) is 3.34. The fourth-order valence-electron chi connectivity index (χ4n) is 4.53. The summed E-state index contributed by atoms with van der Waals surface area (Å²) < 4.78 is 53.5. The Morgan fingerprint density at radius 2 is 1.86 bits per heavy atom. The Bertz CT molecular complexity index is 1380. The van der Waals surface area contributed by atoms with Gasteiger partial charge in [-0.2, -0.15) is 8.78 Å². The molecule has 2 aromatic heterocycles. The van der Waals surface area contributed by atoms with E-state index in [1.807, 2.05) is 4.57 Å². The summed E-state index contributed by atoms with van der Waals surface area (Å²) in [5.74, 6) is 0.340. The van der Waals surface area contributed by atoms with Gasteiger partial charge in [-0.1, -0.05) is 18.2 Å². The summed E-state index contributed by atoms with van der Waals surface area (Å²) in [7, 11) is 1.55. The van der Waals surface area contributed by atoms with Crippen molar-refractivity contribution in [1.29, 1.82) is 0 Å². The second kappa shape index (κ2) is 8.62. The number of rotatable bonds is 6. The maximum Gasteiger partial charge on any atom is 0.387 e. The lowest BCUT2D eigenvalue weighted by Gasteiger charge is -2.19. The predicted molar refractivity (Wildman–Crippen MR) is 122 cm³/mol. The maximum atomic E-state index is 15.1. The van der Waals surface area contributed by atoms with E-state index >= 15 is 4.39 Å². The summed E-state index contributed by atoms with van der Waals surface area (Å²) >= 11 is 0. The van der Waals surface area contributed by atoms with Crippen LogP contribution in [0.2, 0.25) is 0 Å². The maximum absolute atomic E-state index is 15.1. The van der Waals surface area contributed by atoms with Gasteiger partial charge < -0.3 is 19.1 Å². The molecule has 4 aromatic rings. The van der Waals surface area contributed by atoms with Crippen molar-refractivity contribution in [1.82, 2.24) is 19.5 Å². The summed E-state index contributed by atoms with van der Waals surface area (Å²) in [5, 5.41) is 10.1. The predicted octanol–water partition coefficient (Wildman–Crippen LogP) is 5.14. The molecule has 10 heteroatoms. The number of halogens is 3. The van der Waals surface area contributed by atoms with Crippen LogP contribution in [0, 0.1) is 5.82 Å². The third-order valence-electron chi connectivity index (χ3n) is 6.13. The zero-order chi connectivity index (χ0) is 24.9. The minimum Gasteiger partial charge on any atom is -0.434 e. The second-order valence-electron chi connectivity index (χ2n) is 8.91. The van der Waals surface area contributed by atoms with Crippen LogP contribution in [0.3, 0.4) is 0 Å². The van der Waals surface area contributed by atoms with Crippen molar-refractivity contribution in [2.75, 3.05) is 7.11 Å². The van der Waals surface area contributed by atoms with E-state index < -0.39 is 30.2 Å². The number of methoxy groups -OCH3 is 1. The summed E-state index contributed by atoms with van der Waals surface area (Å²) in [6, 6.07) is 9.15. The van der Waals surface area contributed by atoms with Gasteiger partial charge in [-0.25, -0.2) is 19.3 Å². The molecule has 5 rings (SSSR count). The molecule has 2 aromatic carbocycles. The quantitative estimate of drug-likeness (QED) is 0.408. The molecule has 1 aliphatic rings. The van der Waals surface area contributed by atoms with Crippen LogP contribution >= 0.6 is 0 Å². The number of imidazole rings is 1. The van der Waals surface area contributed by atoms with E-state index in [2.05, 4.69) is 15.0 Å². The van der Waals surface area contributed by atoms with E-state index in [1.54, 1.807) is 45.2 Å². The number of hydrogen-bond acceptors (Lipinski definition) is 6. The highest BCUT2D eigenvalue weighted by Crippen LogP contribution is 2.46. The van der Waals surface area contributed by atoms with Crippen molar-refractivity contribution >= 4 is 11.0 Å². The van der Waals surface area contributed by atoms with Crippen molar-refractivity contribution in [3.63, 3.8) is 0 Å². The van der Waals surface area contributed by atoms with Crippen molar-refractivity contribution in [3.8, 4) is 16.9 Å². The minimum absolute atomic E-state index is 0.0648. The molecule has 3 heterocycles. The topological polar surface area (TPSA) is 82.3 Å². The number of nitrogens with zero attached hydrogens (tertiary/aromatic N) is 4. The van der Waals surface area contributed by atoms with Crippen LogP contribution in [0.5, 0.6) is 5.75 Å². The summed E-state index contributed by atoms with van der Waals surface area (Å²) in [5.41, 5.74) is 1.01. The zero-order valence-corrected chi connectivity index (χ0v) is 19.2. The Hall–Kier alpha value is -3.50. The second-order valence-corrected chi connectivity index (χ2v) is 8.91. The molecule has 0 amide bonds. The molecular formula is C25H23F3N4O3. The molecule has 7 nitrogen and oxygen atoms in total. The Morgan fingerprint density at radius 3 is 2.51 bits per heavy atom. The fourth-order valence-corrected chi connectivity index (χ4v) is 4.53. The van der Waals surface area contributed by atoms with E-state index in [9.17, 15) is 13.9 Å². The first-order valence-corrected chi connectivity index (χ1v) is 11.0. The molecule has 1 aliphatic heterocycles. The normalized spacial score (nSPS) is 17.8. The third-order valence-corrected chi connectivity index (χ3v) is 6.13. The molecule has 0 aliphatic carbocycles. The van der Waals surface area contributed by atoms with Crippen molar-refractivity contribution in [3.05, 3.63) is 71.8 Å². The monoisotopic (exact) mass is 484 g/mol. The summed E-state index contributed by atoms with van der Waals surface area (Å²) in [4.78, 5) is 13.0. The molecule has 2 atom stereocenters. The smallest absolute Gasteiger partial charge is 0.387 e. The van der Waals surface area contributed by atoms with E-state index in [1.165, 1.54) is 24.5 Å². The molecule has 0 saturated heterocycles. The highest BCUT2D eigenvalue weighted by atomic mass is 19.3. The summed E-state index contributed by atoms with van der Waals surface area (Å²) in [6.45, 7) is 0.153. The molecule has 0 spiro atoms. The van der Waals surface area contributed by atoms with Gasteiger partial charge in [-0.3, -0.25) is 0 Å². The van der Waals surface area contributed by atoms with Crippen LogP contribution in [0.1, 0.15) is 49.6 Å². The number of benzene rings is 2. The molecule has 35 heavy (non-hydrogen) atoms. The van der Waals surface area contributed by atoms with Crippen LogP contribution in [0.25, 0.3) is 22.2 Å². The first kappa shape index (κ1) is 23.3. The van der Waals surface area contributed by atoms with Gasteiger partial charge >= 0.3 is 6.61 Å². The van der Waals surface area contributed by atoms with Crippen LogP contribution in [-0.4, -0.2) is 38.3 Å². The Labute approximate surface area is 199 Å². The van der Waals surface area contributed by atoms with Gasteiger partial charge in [0.1, 0.15) is 29.1 Å². The van der Waals surface area contributed by atoms with E-state index in [0.717, 1.165) is 0 Å². The highest BCUT2D eigenvalue weighted by Gasteiger charge is 2.37. The molecule has 0 radical (unpaired) electrons. The number of ether oxygens (including phenoxy) is 2. The number of hydrogen-bond donors (Lipinski definition) is 1. The van der Waals surface area contributed by atoms with Crippen molar-refractivity contribution in [2.24, 2.45) is 0 Å². The van der Waals surface area contributed by atoms with Gasteiger partial charge in [0.2, 0.25) is 0 Å². The number of para-hydroxylation sites is 1. The lowest BCUT2D eigenvalue weighted by atomic mass is 10.0. The third kappa shape index (κ3) is 4.12. The SMILES string of the molecule is CO[C@H]1C[C@@H](c2ccccc2OC(F)F)n2c1nc1cc(F)c(-c3cnc(C(C)(C)O)nc3)cc12. The Balaban J connectivity index is 1.65. The van der Waals surface area contributed by atoms with Crippen molar-refractivity contribution < 1.29 is 27.8 Å². The fraction of sp³-hybridized carbons (Fsp3) is 0.320. The molecule has 0 saturated carbocycles. The largest absolute Gasteiger partial charge is 0.434 e. The summed E-state index contributed by atoms with van der Waals surface area (Å²) in [6.07, 6.45) is 2.95. The van der Waals surface area contributed by atoms with Crippen LogP contribution < -0.4 is 4.74 Å². The minimum atomic E-state index is -2.97. The molecular weight excluding hydrogens is 461 g/mol. The molecule has 0 fully saturated rings.